The highest BCUT2D eigenvalue weighted by Crippen LogP contribution is 2.26. The largest absolute Gasteiger partial charge is 0.352 e. The number of hydrogen-bond acceptors (Lipinski definition) is 7. The van der Waals surface area contributed by atoms with E-state index in [1.54, 1.807) is 19.0 Å². The monoisotopic (exact) mass is 346 g/mol. The van der Waals surface area contributed by atoms with Crippen LogP contribution in [0.3, 0.4) is 0 Å². The van der Waals surface area contributed by atoms with Gasteiger partial charge in [0.05, 0.1) is 11.8 Å². The molecule has 1 aliphatic rings. The number of nitrogens with zero attached hydrogens (tertiary/aromatic N) is 8. The number of anilines is 2. The number of para-hydroxylation sites is 1. The minimum Gasteiger partial charge on any atom is -0.352 e. The first kappa shape index (κ1) is 15.0. The van der Waals surface area contributed by atoms with Crippen LogP contribution >= 0.6 is 0 Å². The third-order valence-corrected chi connectivity index (χ3v) is 4.88. The zero-order valence-electron chi connectivity index (χ0n) is 14.4. The number of piperazine rings is 1. The van der Waals surface area contributed by atoms with E-state index in [4.69, 9.17) is 0 Å². The van der Waals surface area contributed by atoms with E-state index in [-0.39, 0.29) is 0 Å². The fourth-order valence-corrected chi connectivity index (χ4v) is 3.54. The quantitative estimate of drug-likeness (QED) is 0.546. The zero-order chi connectivity index (χ0) is 17.5. The second-order valence-corrected chi connectivity index (χ2v) is 6.41. The Bertz CT molecular complexity index is 1080. The van der Waals surface area contributed by atoms with Crippen molar-refractivity contribution in [2.24, 2.45) is 7.05 Å². The van der Waals surface area contributed by atoms with Gasteiger partial charge >= 0.3 is 0 Å². The van der Waals surface area contributed by atoms with Crippen molar-refractivity contribution in [2.75, 3.05) is 36.0 Å². The molecule has 0 bridgehead atoms. The number of aromatic nitrogens is 6. The zero-order valence-corrected chi connectivity index (χ0v) is 14.4. The molecule has 1 fully saturated rings. The maximum atomic E-state index is 4.54. The van der Waals surface area contributed by atoms with Crippen LogP contribution in [0.2, 0.25) is 0 Å². The predicted octanol–water partition coefficient (Wildman–Crippen LogP) is 1.63. The molecule has 0 radical (unpaired) electrons. The van der Waals surface area contributed by atoms with Crippen molar-refractivity contribution in [1.82, 2.24) is 29.5 Å². The summed E-state index contributed by atoms with van der Waals surface area (Å²) in [6.45, 7) is 3.47. The Labute approximate surface area is 150 Å². The molecule has 0 N–H and O–H groups in total. The lowest BCUT2D eigenvalue weighted by Crippen LogP contribution is -2.47. The first-order valence-corrected chi connectivity index (χ1v) is 8.63. The van der Waals surface area contributed by atoms with Crippen molar-refractivity contribution in [3.05, 3.63) is 43.2 Å². The van der Waals surface area contributed by atoms with Crippen LogP contribution in [0.4, 0.5) is 11.6 Å². The van der Waals surface area contributed by atoms with E-state index in [2.05, 4.69) is 40.8 Å². The van der Waals surface area contributed by atoms with Gasteiger partial charge in [0.15, 0.2) is 17.0 Å². The molecule has 8 nitrogen and oxygen atoms in total. The maximum Gasteiger partial charge on any atom is 0.165 e. The van der Waals surface area contributed by atoms with Gasteiger partial charge in [-0.25, -0.2) is 24.9 Å². The number of aryl methyl sites for hydroxylation is 1. The number of imidazole rings is 1. The Morgan fingerprint density at radius 1 is 0.769 bits per heavy atom. The molecule has 3 aromatic heterocycles. The summed E-state index contributed by atoms with van der Waals surface area (Å²) in [5.41, 5.74) is 2.70. The molecule has 0 atom stereocenters. The summed E-state index contributed by atoms with van der Waals surface area (Å²) < 4.78 is 1.92. The molecule has 130 valence electrons. The normalized spacial score (nSPS) is 15.1. The van der Waals surface area contributed by atoms with E-state index >= 15 is 0 Å². The lowest BCUT2D eigenvalue weighted by Gasteiger charge is -2.36. The Balaban J connectivity index is 1.42. The summed E-state index contributed by atoms with van der Waals surface area (Å²) in [6.07, 6.45) is 5.04. The summed E-state index contributed by atoms with van der Waals surface area (Å²) in [5.74, 6) is 1.91. The fraction of sp³-hybridized carbons (Fsp3) is 0.278. The highest BCUT2D eigenvalue weighted by atomic mass is 15.3. The lowest BCUT2D eigenvalue weighted by molar-refractivity contribution is 0.644. The molecule has 1 saturated heterocycles. The molecule has 4 aromatic rings. The summed E-state index contributed by atoms with van der Waals surface area (Å²) in [7, 11) is 1.95. The molecule has 0 unspecified atom stereocenters. The Kier molecular flexibility index (Phi) is 3.41. The van der Waals surface area contributed by atoms with Gasteiger partial charge in [-0.3, -0.25) is 0 Å². The lowest BCUT2D eigenvalue weighted by atomic mass is 10.2. The van der Waals surface area contributed by atoms with Crippen molar-refractivity contribution in [3.63, 3.8) is 0 Å². The predicted molar refractivity (Wildman–Crippen MR) is 100 cm³/mol. The highest BCUT2D eigenvalue weighted by Gasteiger charge is 2.23. The van der Waals surface area contributed by atoms with Gasteiger partial charge in [-0.05, 0) is 12.1 Å². The number of benzene rings is 1. The van der Waals surface area contributed by atoms with Crippen molar-refractivity contribution >= 4 is 33.7 Å². The van der Waals surface area contributed by atoms with Crippen LogP contribution in [0.5, 0.6) is 0 Å². The summed E-state index contributed by atoms with van der Waals surface area (Å²) >= 11 is 0. The maximum absolute atomic E-state index is 4.54. The Morgan fingerprint density at radius 2 is 1.46 bits per heavy atom. The number of rotatable bonds is 2. The van der Waals surface area contributed by atoms with Crippen LogP contribution in [0.25, 0.3) is 22.1 Å². The Morgan fingerprint density at radius 3 is 2.31 bits per heavy atom. The van der Waals surface area contributed by atoms with Crippen molar-refractivity contribution in [2.45, 2.75) is 0 Å². The van der Waals surface area contributed by atoms with Crippen LogP contribution in [0.15, 0.2) is 43.2 Å². The molecule has 5 rings (SSSR count). The van der Waals surface area contributed by atoms with Crippen LogP contribution in [0, 0.1) is 0 Å². The van der Waals surface area contributed by atoms with E-state index < -0.39 is 0 Å². The minimum absolute atomic E-state index is 0.857. The van der Waals surface area contributed by atoms with Crippen molar-refractivity contribution < 1.29 is 0 Å². The fourth-order valence-electron chi connectivity index (χ4n) is 3.54. The first-order chi connectivity index (χ1) is 12.8. The van der Waals surface area contributed by atoms with Gasteiger partial charge in [0.1, 0.15) is 18.5 Å². The average molecular weight is 346 g/mol. The van der Waals surface area contributed by atoms with Crippen LogP contribution in [-0.2, 0) is 7.05 Å². The molecular weight excluding hydrogens is 328 g/mol. The second-order valence-electron chi connectivity index (χ2n) is 6.41. The summed E-state index contributed by atoms with van der Waals surface area (Å²) in [5, 5.41) is 1.10. The third-order valence-electron chi connectivity index (χ3n) is 4.88. The van der Waals surface area contributed by atoms with Crippen LogP contribution in [0.1, 0.15) is 0 Å². The average Bonchev–Trinajstić information content (AvgIpc) is 3.09. The van der Waals surface area contributed by atoms with Crippen molar-refractivity contribution in [3.8, 4) is 0 Å². The van der Waals surface area contributed by atoms with E-state index in [0.717, 1.165) is 59.9 Å². The van der Waals surface area contributed by atoms with E-state index in [1.807, 2.05) is 29.8 Å². The molecule has 8 heteroatoms. The Hall–Kier alpha value is -3.29. The molecule has 0 saturated carbocycles. The third kappa shape index (κ3) is 2.33. The van der Waals surface area contributed by atoms with Gasteiger partial charge in [-0.15, -0.1) is 0 Å². The molecular formula is C18H18N8. The van der Waals surface area contributed by atoms with E-state index in [1.165, 1.54) is 0 Å². The van der Waals surface area contributed by atoms with Crippen molar-refractivity contribution in [1.29, 1.82) is 0 Å². The minimum atomic E-state index is 0.857. The SMILES string of the molecule is Cn1cnc2c(N3CCN(c4ncnc5ccccc45)CC3)ncnc21. The molecule has 0 amide bonds. The van der Waals surface area contributed by atoms with Gasteiger partial charge in [0, 0.05) is 38.6 Å². The van der Waals surface area contributed by atoms with Gasteiger partial charge < -0.3 is 14.4 Å². The van der Waals surface area contributed by atoms with E-state index in [9.17, 15) is 0 Å². The second kappa shape index (κ2) is 5.91. The molecule has 1 aromatic carbocycles. The van der Waals surface area contributed by atoms with Gasteiger partial charge in [-0.2, -0.15) is 0 Å². The van der Waals surface area contributed by atoms with E-state index in [0.29, 0.717) is 0 Å². The van der Waals surface area contributed by atoms with Gasteiger partial charge in [0.2, 0.25) is 0 Å². The van der Waals surface area contributed by atoms with Gasteiger partial charge in [-0.1, -0.05) is 12.1 Å². The molecule has 1 aliphatic heterocycles. The highest BCUT2D eigenvalue weighted by molar-refractivity contribution is 5.89. The first-order valence-electron chi connectivity index (χ1n) is 8.63. The number of hydrogen-bond donors (Lipinski definition) is 0. The van der Waals surface area contributed by atoms with Crippen LogP contribution < -0.4 is 9.80 Å². The molecule has 26 heavy (non-hydrogen) atoms. The topological polar surface area (TPSA) is 75.9 Å². The molecule has 4 heterocycles. The smallest absolute Gasteiger partial charge is 0.165 e. The summed E-state index contributed by atoms with van der Waals surface area (Å²) in [6, 6.07) is 8.14. The van der Waals surface area contributed by atoms with Crippen LogP contribution in [-0.4, -0.2) is 55.7 Å². The summed E-state index contributed by atoms with van der Waals surface area (Å²) in [4.78, 5) is 26.8. The number of fused-ring (bicyclic) bond motifs is 2. The molecule has 0 spiro atoms. The standard InChI is InChI=1S/C18H18N8/c1-24-12-23-15-17(24)21-11-22-18(15)26-8-6-25(7-9-26)16-13-4-2-3-5-14(13)19-10-20-16/h2-5,10-12H,6-9H2,1H3. The van der Waals surface area contributed by atoms with Gasteiger partial charge in [0.25, 0.3) is 0 Å². The molecule has 0 aliphatic carbocycles.